The Bertz CT molecular complexity index is 89.0. The summed E-state index contributed by atoms with van der Waals surface area (Å²) in [5.74, 6) is 0.745. The highest BCUT2D eigenvalue weighted by atomic mass is 16.5. The van der Waals surface area contributed by atoms with Crippen LogP contribution in [0.25, 0.3) is 0 Å². The Labute approximate surface area is 77.5 Å². The minimum atomic E-state index is 0.140. The van der Waals surface area contributed by atoms with Gasteiger partial charge >= 0.3 is 0 Å². The molecule has 0 saturated carbocycles. The normalized spacial score (nSPS) is 13.8. The molecule has 12 heavy (non-hydrogen) atoms. The fraction of sp³-hybridized carbons (Fsp3) is 0.909. The zero-order valence-corrected chi connectivity index (χ0v) is 8.81. The maximum absolute atomic E-state index is 5.48. The van der Waals surface area contributed by atoms with Crippen LogP contribution in [0.15, 0.2) is 0 Å². The summed E-state index contributed by atoms with van der Waals surface area (Å²) in [6.07, 6.45) is 5.29. The summed E-state index contributed by atoms with van der Waals surface area (Å²) in [6, 6.07) is 0. The van der Waals surface area contributed by atoms with Crippen LogP contribution in [0.2, 0.25) is 0 Å². The topological polar surface area (TPSA) is 9.23 Å². The quantitative estimate of drug-likeness (QED) is 0.570. The van der Waals surface area contributed by atoms with Crippen molar-refractivity contribution in [3.8, 4) is 0 Å². The Morgan fingerprint density at radius 2 is 2.00 bits per heavy atom. The summed E-state index contributed by atoms with van der Waals surface area (Å²) in [4.78, 5) is 0. The molecule has 0 heterocycles. The van der Waals surface area contributed by atoms with Gasteiger partial charge in [-0.1, -0.05) is 33.1 Å². The fourth-order valence-corrected chi connectivity index (χ4v) is 1.20. The van der Waals surface area contributed by atoms with Crippen molar-refractivity contribution >= 4 is 0 Å². The molecule has 0 bridgehead atoms. The Balaban J connectivity index is 3.39. The first-order valence-electron chi connectivity index (χ1n) is 5.15. The summed E-state index contributed by atoms with van der Waals surface area (Å²) >= 11 is 0. The molecule has 0 amide bonds. The van der Waals surface area contributed by atoms with E-state index < -0.39 is 0 Å². The molecule has 0 rings (SSSR count). The smallest absolute Gasteiger partial charge is 0.0548 e. The second kappa shape index (κ2) is 7.60. The number of hydrogen-bond acceptors (Lipinski definition) is 1. The van der Waals surface area contributed by atoms with Gasteiger partial charge in [0.25, 0.3) is 0 Å². The average molecular weight is 171 g/mol. The van der Waals surface area contributed by atoms with Gasteiger partial charge in [-0.05, 0) is 26.2 Å². The maximum Gasteiger partial charge on any atom is 0.0548 e. The van der Waals surface area contributed by atoms with E-state index in [0.717, 1.165) is 12.5 Å². The number of rotatable bonds is 7. The molecule has 0 aliphatic rings. The molecule has 0 aliphatic carbocycles. The lowest BCUT2D eigenvalue weighted by molar-refractivity contribution is 0.0615. The highest BCUT2D eigenvalue weighted by Crippen LogP contribution is 2.13. The summed E-state index contributed by atoms with van der Waals surface area (Å²) in [7, 11) is 0. The van der Waals surface area contributed by atoms with Gasteiger partial charge in [0.1, 0.15) is 0 Å². The first-order valence-corrected chi connectivity index (χ1v) is 5.15. The van der Waals surface area contributed by atoms with Gasteiger partial charge in [0.2, 0.25) is 0 Å². The van der Waals surface area contributed by atoms with E-state index in [-0.39, 0.29) is 6.10 Å². The van der Waals surface area contributed by atoms with E-state index in [1.807, 2.05) is 6.92 Å². The first-order chi connectivity index (χ1) is 5.70. The molecule has 0 aromatic carbocycles. The van der Waals surface area contributed by atoms with Crippen LogP contribution in [-0.4, -0.2) is 12.7 Å². The highest BCUT2D eigenvalue weighted by Gasteiger charge is 2.06. The lowest BCUT2D eigenvalue weighted by atomic mass is 10.0. The van der Waals surface area contributed by atoms with Gasteiger partial charge in [0.15, 0.2) is 0 Å². The van der Waals surface area contributed by atoms with Crippen molar-refractivity contribution in [1.82, 2.24) is 0 Å². The Hall–Kier alpha value is -0.0400. The minimum absolute atomic E-state index is 0.140. The van der Waals surface area contributed by atoms with Crippen LogP contribution in [0.3, 0.4) is 0 Å². The molecule has 2 atom stereocenters. The van der Waals surface area contributed by atoms with Gasteiger partial charge in [-0.25, -0.2) is 0 Å². The lowest BCUT2D eigenvalue weighted by Gasteiger charge is -2.16. The molecule has 2 unspecified atom stereocenters. The summed E-state index contributed by atoms with van der Waals surface area (Å²) in [5, 5.41) is 0. The van der Waals surface area contributed by atoms with Crippen LogP contribution in [0.5, 0.6) is 0 Å². The Kier molecular flexibility index (Phi) is 7.58. The molecule has 1 radical (unpaired) electrons. The highest BCUT2D eigenvalue weighted by molar-refractivity contribution is 4.58. The van der Waals surface area contributed by atoms with E-state index >= 15 is 0 Å². The predicted molar refractivity (Wildman–Crippen MR) is 54.1 cm³/mol. The largest absolute Gasteiger partial charge is 0.378 e. The van der Waals surface area contributed by atoms with Crippen LogP contribution in [0.4, 0.5) is 0 Å². The van der Waals surface area contributed by atoms with Gasteiger partial charge in [-0.15, -0.1) is 0 Å². The number of ether oxygens (including phenoxy) is 1. The van der Waals surface area contributed by atoms with Crippen LogP contribution in [0, 0.1) is 12.8 Å². The standard InChI is InChI=1S/C11H23O/c1-5-7-8-11(6-2)9-12-10(3)4/h10-11H,3,5-9H2,1-2,4H3. The van der Waals surface area contributed by atoms with Gasteiger partial charge in [-0.3, -0.25) is 0 Å². The lowest BCUT2D eigenvalue weighted by Crippen LogP contribution is -2.13. The molecule has 0 saturated heterocycles. The SMILES string of the molecule is [CH2]C(C)OCC(CC)CCCC. The molecular weight excluding hydrogens is 148 g/mol. The van der Waals surface area contributed by atoms with E-state index in [4.69, 9.17) is 4.74 Å². The predicted octanol–water partition coefficient (Wildman–Crippen LogP) is 3.44. The zero-order chi connectivity index (χ0) is 9.40. The molecule has 1 heteroatoms. The van der Waals surface area contributed by atoms with Gasteiger partial charge in [0, 0.05) is 6.61 Å². The van der Waals surface area contributed by atoms with Crippen molar-refractivity contribution < 1.29 is 4.74 Å². The maximum atomic E-state index is 5.48. The summed E-state index contributed by atoms with van der Waals surface area (Å²) in [5.41, 5.74) is 0. The molecule has 0 fully saturated rings. The second-order valence-electron chi connectivity index (χ2n) is 3.56. The minimum Gasteiger partial charge on any atom is -0.378 e. The van der Waals surface area contributed by atoms with Crippen LogP contribution in [0.1, 0.15) is 46.5 Å². The molecule has 0 N–H and O–H groups in total. The third kappa shape index (κ3) is 6.66. The summed E-state index contributed by atoms with van der Waals surface area (Å²) in [6.45, 7) is 11.2. The van der Waals surface area contributed by atoms with Gasteiger partial charge in [0.05, 0.1) is 6.10 Å². The first kappa shape index (κ1) is 12.0. The third-order valence-electron chi connectivity index (χ3n) is 2.16. The zero-order valence-electron chi connectivity index (χ0n) is 8.81. The monoisotopic (exact) mass is 171 g/mol. The van der Waals surface area contributed by atoms with Crippen LogP contribution >= 0.6 is 0 Å². The van der Waals surface area contributed by atoms with E-state index in [2.05, 4.69) is 20.8 Å². The number of unbranched alkanes of at least 4 members (excludes halogenated alkanes) is 1. The van der Waals surface area contributed by atoms with Gasteiger partial charge < -0.3 is 4.74 Å². The van der Waals surface area contributed by atoms with Gasteiger partial charge in [-0.2, -0.15) is 0 Å². The van der Waals surface area contributed by atoms with Crippen molar-refractivity contribution in [1.29, 1.82) is 0 Å². The van der Waals surface area contributed by atoms with Crippen molar-refractivity contribution in [2.45, 2.75) is 52.6 Å². The Morgan fingerprint density at radius 1 is 1.33 bits per heavy atom. The summed E-state index contributed by atoms with van der Waals surface area (Å²) < 4.78 is 5.48. The second-order valence-corrected chi connectivity index (χ2v) is 3.56. The Morgan fingerprint density at radius 3 is 2.42 bits per heavy atom. The molecule has 0 spiro atoms. The molecule has 0 aromatic heterocycles. The number of hydrogen-bond donors (Lipinski definition) is 0. The molecule has 0 aromatic rings. The third-order valence-corrected chi connectivity index (χ3v) is 2.16. The molecule has 73 valence electrons. The van der Waals surface area contributed by atoms with Crippen LogP contribution in [-0.2, 0) is 4.74 Å². The van der Waals surface area contributed by atoms with Crippen molar-refractivity contribution in [2.75, 3.05) is 6.61 Å². The van der Waals surface area contributed by atoms with Crippen molar-refractivity contribution in [2.24, 2.45) is 5.92 Å². The van der Waals surface area contributed by atoms with E-state index in [1.54, 1.807) is 0 Å². The van der Waals surface area contributed by atoms with E-state index in [9.17, 15) is 0 Å². The fourth-order valence-electron chi connectivity index (χ4n) is 1.20. The molecule has 0 aliphatic heterocycles. The molecular formula is C11H23O. The van der Waals surface area contributed by atoms with E-state index in [0.29, 0.717) is 0 Å². The van der Waals surface area contributed by atoms with E-state index in [1.165, 1.54) is 25.7 Å². The van der Waals surface area contributed by atoms with Crippen LogP contribution < -0.4 is 0 Å². The molecule has 1 nitrogen and oxygen atoms in total. The average Bonchev–Trinajstić information content (AvgIpc) is 2.05. The van der Waals surface area contributed by atoms with Crippen molar-refractivity contribution in [3.05, 3.63) is 6.92 Å². The van der Waals surface area contributed by atoms with Crippen molar-refractivity contribution in [3.63, 3.8) is 0 Å².